The zero-order valence-corrected chi connectivity index (χ0v) is 31.0. The molecule has 0 bridgehead atoms. The van der Waals surface area contributed by atoms with Gasteiger partial charge in [0, 0.05) is 58.9 Å². The predicted molar refractivity (Wildman–Crippen MR) is 234 cm³/mol. The van der Waals surface area contributed by atoms with Gasteiger partial charge in [0.2, 0.25) is 0 Å². The van der Waals surface area contributed by atoms with Crippen LogP contribution in [0.1, 0.15) is 0 Å². The molecule has 0 aliphatic rings. The van der Waals surface area contributed by atoms with Gasteiger partial charge in [-0.15, -0.1) is 11.3 Å². The third-order valence-corrected chi connectivity index (χ3v) is 11.8. The molecule has 4 aromatic heterocycles. The van der Waals surface area contributed by atoms with Crippen molar-refractivity contribution in [2.45, 2.75) is 0 Å². The number of hydrogen-bond donors (Lipinski definition) is 0. The second-order valence-corrected chi connectivity index (χ2v) is 15.1. The summed E-state index contributed by atoms with van der Waals surface area (Å²) in [6, 6.07) is 68.4. The Morgan fingerprint density at radius 1 is 0.393 bits per heavy atom. The van der Waals surface area contributed by atoms with Crippen LogP contribution in [-0.4, -0.2) is 19.6 Å². The highest BCUT2D eigenvalue weighted by Gasteiger charge is 2.22. The van der Waals surface area contributed by atoms with Crippen molar-refractivity contribution in [2.24, 2.45) is 0 Å². The van der Waals surface area contributed by atoms with E-state index in [0.29, 0.717) is 5.82 Å². The molecule has 0 spiro atoms. The molecule has 4 nitrogen and oxygen atoms in total. The van der Waals surface area contributed by atoms with Crippen molar-refractivity contribution in [3.05, 3.63) is 194 Å². The maximum absolute atomic E-state index is 5.43. The van der Waals surface area contributed by atoms with Crippen molar-refractivity contribution in [1.82, 2.24) is 19.6 Å². The summed E-state index contributed by atoms with van der Waals surface area (Å²) >= 11 is 1.82. The minimum Gasteiger partial charge on any atom is -0.231 e. The third kappa shape index (κ3) is 5.48. The molecule has 0 aliphatic carbocycles. The van der Waals surface area contributed by atoms with E-state index in [2.05, 4.69) is 193 Å². The predicted octanol–water partition coefficient (Wildman–Crippen LogP) is 13.6. The van der Waals surface area contributed by atoms with E-state index >= 15 is 0 Å². The van der Waals surface area contributed by atoms with Crippen LogP contribution in [0.3, 0.4) is 0 Å². The summed E-state index contributed by atoms with van der Waals surface area (Å²) in [6.07, 6.45) is 0. The lowest BCUT2D eigenvalue weighted by molar-refractivity contribution is 0.979. The second kappa shape index (κ2) is 13.3. The van der Waals surface area contributed by atoms with Gasteiger partial charge in [0.25, 0.3) is 0 Å². The maximum Gasteiger partial charge on any atom is 0.160 e. The Hall–Kier alpha value is -7.21. The fraction of sp³-hybridized carbons (Fsp3) is 0. The van der Waals surface area contributed by atoms with Crippen LogP contribution in [0.4, 0.5) is 0 Å². The molecule has 0 amide bonds. The van der Waals surface area contributed by atoms with Gasteiger partial charge in [-0.3, -0.25) is 0 Å². The summed E-state index contributed by atoms with van der Waals surface area (Å²) in [5.41, 5.74) is 12.2. The number of thiophene rings is 1. The lowest BCUT2D eigenvalue weighted by Crippen LogP contribution is -1.96. The molecule has 11 aromatic rings. The van der Waals surface area contributed by atoms with Gasteiger partial charge in [0.15, 0.2) is 5.82 Å². The first-order valence-corrected chi connectivity index (χ1v) is 19.6. The van der Waals surface area contributed by atoms with Gasteiger partial charge in [-0.25, -0.2) is 14.5 Å². The molecule has 0 saturated carbocycles. The number of fused-ring (bicyclic) bond motifs is 6. The minimum atomic E-state index is 0.698. The van der Waals surface area contributed by atoms with Crippen molar-refractivity contribution >= 4 is 47.8 Å². The molecule has 56 heavy (non-hydrogen) atoms. The van der Waals surface area contributed by atoms with Gasteiger partial charge >= 0.3 is 0 Å². The maximum atomic E-state index is 5.43. The standard InChI is InChI=1S/C51H32N4S/c1-4-15-33(16-5-1)43-32-44(53-51(52-43)39-27-28-47-42(30-39)41-25-12-13-26-46(41)56-47)37-22-14-23-38(29-37)48-49(35-19-8-3-9-20-35)54-55-45(34-17-6-2-7-18-34)31-36-21-10-11-24-40(36)50(48)55/h1-32H. The lowest BCUT2D eigenvalue weighted by atomic mass is 9.95. The van der Waals surface area contributed by atoms with E-state index in [-0.39, 0.29) is 0 Å². The Morgan fingerprint density at radius 2 is 1.00 bits per heavy atom. The Bertz CT molecular complexity index is 3240. The molecule has 5 heteroatoms. The fourth-order valence-electron chi connectivity index (χ4n) is 7.95. The van der Waals surface area contributed by atoms with Crippen LogP contribution in [-0.2, 0) is 0 Å². The van der Waals surface area contributed by atoms with Gasteiger partial charge in [-0.1, -0.05) is 152 Å². The molecular weight excluding hydrogens is 701 g/mol. The summed E-state index contributed by atoms with van der Waals surface area (Å²) in [4.78, 5) is 10.5. The monoisotopic (exact) mass is 732 g/mol. The highest BCUT2D eigenvalue weighted by Crippen LogP contribution is 2.42. The Kier molecular flexibility index (Phi) is 7.64. The average Bonchev–Trinajstić information content (AvgIpc) is 3.86. The van der Waals surface area contributed by atoms with Gasteiger partial charge < -0.3 is 0 Å². The van der Waals surface area contributed by atoms with E-state index in [9.17, 15) is 0 Å². The Balaban J connectivity index is 1.15. The highest BCUT2D eigenvalue weighted by molar-refractivity contribution is 7.25. The quantitative estimate of drug-likeness (QED) is 0.171. The van der Waals surface area contributed by atoms with Crippen molar-refractivity contribution in [1.29, 1.82) is 0 Å². The van der Waals surface area contributed by atoms with Crippen molar-refractivity contribution in [3.8, 4) is 67.5 Å². The molecule has 0 radical (unpaired) electrons. The number of nitrogens with zero attached hydrogens (tertiary/aromatic N) is 4. The van der Waals surface area contributed by atoms with E-state index in [4.69, 9.17) is 15.1 Å². The lowest BCUT2D eigenvalue weighted by Gasteiger charge is -2.12. The number of rotatable bonds is 6. The van der Waals surface area contributed by atoms with E-state index in [1.807, 2.05) is 17.4 Å². The summed E-state index contributed by atoms with van der Waals surface area (Å²) in [6.45, 7) is 0. The van der Waals surface area contributed by atoms with Gasteiger partial charge in [0.05, 0.1) is 22.6 Å². The Labute approximate surface area is 327 Å². The Morgan fingerprint density at radius 3 is 1.79 bits per heavy atom. The topological polar surface area (TPSA) is 43.1 Å². The fourth-order valence-corrected chi connectivity index (χ4v) is 9.04. The van der Waals surface area contributed by atoms with E-state index < -0.39 is 0 Å². The first-order chi connectivity index (χ1) is 27.7. The summed E-state index contributed by atoms with van der Waals surface area (Å²) in [7, 11) is 0. The highest BCUT2D eigenvalue weighted by atomic mass is 32.1. The van der Waals surface area contributed by atoms with Crippen LogP contribution in [0.2, 0.25) is 0 Å². The zero-order valence-electron chi connectivity index (χ0n) is 30.2. The van der Waals surface area contributed by atoms with Crippen molar-refractivity contribution in [3.63, 3.8) is 0 Å². The molecule has 0 unspecified atom stereocenters. The van der Waals surface area contributed by atoms with E-state index in [1.165, 1.54) is 25.6 Å². The van der Waals surface area contributed by atoms with E-state index in [0.717, 1.165) is 72.6 Å². The second-order valence-electron chi connectivity index (χ2n) is 14.1. The SMILES string of the molecule is c1ccc(-c2cc(-c3cccc(-c4c(-c5ccccc5)nn5c(-c6ccccc6)cc6ccccc6c45)c3)nc(-c3ccc4sc5ccccc5c4c3)n2)cc1. The van der Waals surface area contributed by atoms with Crippen molar-refractivity contribution in [2.75, 3.05) is 0 Å². The van der Waals surface area contributed by atoms with Gasteiger partial charge in [0.1, 0.15) is 5.69 Å². The smallest absolute Gasteiger partial charge is 0.160 e. The molecule has 0 fully saturated rings. The third-order valence-electron chi connectivity index (χ3n) is 10.6. The van der Waals surface area contributed by atoms with Crippen LogP contribution in [0.5, 0.6) is 0 Å². The molecular formula is C51H32N4S. The first kappa shape index (κ1) is 32.2. The summed E-state index contributed by atoms with van der Waals surface area (Å²) in [5, 5.41) is 10.2. The molecule has 262 valence electrons. The molecule has 0 atom stereocenters. The molecule has 11 rings (SSSR count). The number of pyridine rings is 1. The number of benzene rings is 7. The summed E-state index contributed by atoms with van der Waals surface area (Å²) in [5.74, 6) is 0.698. The molecule has 4 heterocycles. The largest absolute Gasteiger partial charge is 0.231 e. The van der Waals surface area contributed by atoms with Crippen LogP contribution in [0, 0.1) is 0 Å². The number of hydrogen-bond acceptors (Lipinski definition) is 4. The van der Waals surface area contributed by atoms with Crippen LogP contribution < -0.4 is 0 Å². The van der Waals surface area contributed by atoms with Crippen LogP contribution in [0.15, 0.2) is 194 Å². The van der Waals surface area contributed by atoms with E-state index in [1.54, 1.807) is 0 Å². The average molecular weight is 733 g/mol. The molecule has 7 aromatic carbocycles. The van der Waals surface area contributed by atoms with Crippen LogP contribution >= 0.6 is 11.3 Å². The molecule has 0 aliphatic heterocycles. The minimum absolute atomic E-state index is 0.698. The van der Waals surface area contributed by atoms with Gasteiger partial charge in [-0.05, 0) is 53.4 Å². The van der Waals surface area contributed by atoms with Gasteiger partial charge in [-0.2, -0.15) is 5.10 Å². The normalized spacial score (nSPS) is 11.6. The molecule has 0 saturated heterocycles. The number of aromatic nitrogens is 4. The molecule has 0 N–H and O–H groups in total. The van der Waals surface area contributed by atoms with Crippen LogP contribution in [0.25, 0.3) is 104 Å². The first-order valence-electron chi connectivity index (χ1n) is 18.8. The van der Waals surface area contributed by atoms with Crippen molar-refractivity contribution < 1.29 is 0 Å². The zero-order chi connectivity index (χ0) is 37.0. The summed E-state index contributed by atoms with van der Waals surface area (Å²) < 4.78 is 4.68.